The predicted molar refractivity (Wildman–Crippen MR) is 160 cm³/mol. The average molecular weight is 565 g/mol. The molecule has 0 N–H and O–H groups in total. The molecule has 3 rings (SSSR count). The van der Waals surface area contributed by atoms with Crippen molar-refractivity contribution in [3.05, 3.63) is 91.0 Å². The van der Waals surface area contributed by atoms with Crippen LogP contribution in [0.15, 0.2) is 95.9 Å². The zero-order valence-corrected chi connectivity index (χ0v) is 25.4. The smallest absolute Gasteiger partial charge is 0.261 e. The molecule has 0 aliphatic rings. The van der Waals surface area contributed by atoms with E-state index in [1.807, 2.05) is 36.4 Å². The molecule has 5 nitrogen and oxygen atoms in total. The maximum Gasteiger partial charge on any atom is 0.261 e. The van der Waals surface area contributed by atoms with Crippen molar-refractivity contribution in [3.63, 3.8) is 0 Å². The van der Waals surface area contributed by atoms with E-state index in [0.717, 1.165) is 10.4 Å². The first kappa shape index (κ1) is 30.7. The van der Waals surface area contributed by atoms with Gasteiger partial charge in [0.25, 0.3) is 8.32 Å². The van der Waals surface area contributed by atoms with E-state index in [4.69, 9.17) is 4.43 Å². The Morgan fingerprint density at radius 2 is 1.31 bits per heavy atom. The van der Waals surface area contributed by atoms with Gasteiger partial charge in [-0.2, -0.15) is 0 Å². The number of benzene rings is 3. The number of carbonyl (C=O) groups is 2. The van der Waals surface area contributed by atoms with Crippen LogP contribution in [0.2, 0.25) is 5.04 Å². The Morgan fingerprint density at radius 3 is 1.74 bits per heavy atom. The third-order valence-corrected chi connectivity index (χ3v) is 14.7. The molecule has 0 radical (unpaired) electrons. The van der Waals surface area contributed by atoms with Crippen LogP contribution in [0.25, 0.3) is 0 Å². The average Bonchev–Trinajstić information content (AvgIpc) is 2.91. The van der Waals surface area contributed by atoms with E-state index in [1.165, 1.54) is 12.1 Å². The van der Waals surface area contributed by atoms with E-state index >= 15 is 0 Å². The Labute approximate surface area is 234 Å². The van der Waals surface area contributed by atoms with E-state index < -0.39 is 41.0 Å². The first-order valence-corrected chi connectivity index (χ1v) is 16.9. The molecule has 0 bridgehead atoms. The van der Waals surface area contributed by atoms with Gasteiger partial charge < -0.3 is 9.22 Å². The van der Waals surface area contributed by atoms with Gasteiger partial charge in [0.1, 0.15) is 11.5 Å². The highest BCUT2D eigenvalue weighted by Crippen LogP contribution is 2.37. The number of hydrogen-bond donors (Lipinski definition) is 0. The standard InChI is InChI=1S/C32H40O5SSi/c1-25(24-33)23-30(34)31(38(35,36)27-15-9-6-10-16-27)26(2)21-22-37-39(32(3,4)5,28-17-11-7-12-18-28)29-19-13-8-14-20-29/h6-20,24-26,31H,21-23H2,1-5H3/t25-,26+,31?/m1/s1. The van der Waals surface area contributed by atoms with E-state index in [0.29, 0.717) is 19.3 Å². The fraction of sp³-hybridized carbons (Fsp3) is 0.375. The van der Waals surface area contributed by atoms with Crippen LogP contribution in [-0.2, 0) is 23.9 Å². The lowest BCUT2D eigenvalue weighted by atomic mass is 9.95. The molecule has 0 aromatic heterocycles. The molecule has 208 valence electrons. The van der Waals surface area contributed by atoms with Gasteiger partial charge in [-0.15, -0.1) is 0 Å². The number of ketones is 1. The second-order valence-corrected chi connectivity index (χ2v) is 17.7. The van der Waals surface area contributed by atoms with E-state index in [1.54, 1.807) is 32.0 Å². The summed E-state index contributed by atoms with van der Waals surface area (Å²) in [5.74, 6) is -1.50. The molecule has 0 aliphatic heterocycles. The maximum atomic E-state index is 13.7. The lowest BCUT2D eigenvalue weighted by Gasteiger charge is -2.43. The van der Waals surface area contributed by atoms with Gasteiger partial charge in [-0.3, -0.25) is 4.79 Å². The summed E-state index contributed by atoms with van der Waals surface area (Å²) in [5.41, 5.74) is 0. The van der Waals surface area contributed by atoms with Crippen LogP contribution < -0.4 is 10.4 Å². The molecule has 1 unspecified atom stereocenters. The molecule has 0 spiro atoms. The minimum absolute atomic E-state index is 0.111. The molecule has 7 heteroatoms. The second kappa shape index (κ2) is 13.0. The van der Waals surface area contributed by atoms with Crippen molar-refractivity contribution in [3.8, 4) is 0 Å². The van der Waals surface area contributed by atoms with Crippen molar-refractivity contribution >= 4 is 40.6 Å². The summed E-state index contributed by atoms with van der Waals surface area (Å²) in [6.45, 7) is 10.3. The van der Waals surface area contributed by atoms with Crippen LogP contribution in [0.1, 0.15) is 47.5 Å². The van der Waals surface area contributed by atoms with Gasteiger partial charge in [0.05, 0.1) is 4.90 Å². The summed E-state index contributed by atoms with van der Waals surface area (Å²) in [5, 5.41) is 0.801. The lowest BCUT2D eigenvalue weighted by Crippen LogP contribution is -2.66. The van der Waals surface area contributed by atoms with Gasteiger partial charge in [-0.1, -0.05) is 113 Å². The fourth-order valence-electron chi connectivity index (χ4n) is 5.35. The number of rotatable bonds is 13. The summed E-state index contributed by atoms with van der Waals surface area (Å²) >= 11 is 0. The Bertz CT molecular complexity index is 1280. The lowest BCUT2D eigenvalue weighted by molar-refractivity contribution is -0.122. The molecule has 0 fully saturated rings. The van der Waals surface area contributed by atoms with Gasteiger partial charge in [0.2, 0.25) is 0 Å². The van der Waals surface area contributed by atoms with Crippen molar-refractivity contribution in [2.24, 2.45) is 11.8 Å². The minimum Gasteiger partial charge on any atom is -0.407 e. The number of carbonyl (C=O) groups excluding carboxylic acids is 2. The Morgan fingerprint density at radius 1 is 0.846 bits per heavy atom. The third-order valence-electron chi connectivity index (χ3n) is 7.30. The fourth-order valence-corrected chi connectivity index (χ4v) is 11.9. The van der Waals surface area contributed by atoms with Crippen molar-refractivity contribution in [1.29, 1.82) is 0 Å². The summed E-state index contributed by atoms with van der Waals surface area (Å²) < 4.78 is 34.4. The number of sulfone groups is 1. The zero-order valence-electron chi connectivity index (χ0n) is 23.5. The van der Waals surface area contributed by atoms with Crippen molar-refractivity contribution in [2.45, 2.75) is 62.6 Å². The molecular formula is C32H40O5SSi. The predicted octanol–water partition coefficient (Wildman–Crippen LogP) is 5.23. The first-order chi connectivity index (χ1) is 18.4. The highest BCUT2D eigenvalue weighted by Gasteiger charge is 2.50. The third kappa shape index (κ3) is 6.83. The molecule has 3 atom stereocenters. The summed E-state index contributed by atoms with van der Waals surface area (Å²) in [6.07, 6.45) is 0.962. The summed E-state index contributed by atoms with van der Waals surface area (Å²) in [6, 6.07) is 28.6. The van der Waals surface area contributed by atoms with Crippen LogP contribution in [0, 0.1) is 11.8 Å². The van der Waals surface area contributed by atoms with Gasteiger partial charge in [-0.25, -0.2) is 8.42 Å². The Hall–Kier alpha value is -2.87. The maximum absolute atomic E-state index is 13.7. The van der Waals surface area contributed by atoms with Gasteiger partial charge in [0, 0.05) is 18.9 Å². The molecule has 0 heterocycles. The van der Waals surface area contributed by atoms with Gasteiger partial charge in [0.15, 0.2) is 15.6 Å². The summed E-state index contributed by atoms with van der Waals surface area (Å²) in [7, 11) is -6.76. The highest BCUT2D eigenvalue weighted by atomic mass is 32.2. The Balaban J connectivity index is 1.96. The number of hydrogen-bond acceptors (Lipinski definition) is 5. The summed E-state index contributed by atoms with van der Waals surface area (Å²) in [4.78, 5) is 24.8. The van der Waals surface area contributed by atoms with Crippen LogP contribution in [0.4, 0.5) is 0 Å². The Kier molecular flexibility index (Phi) is 10.2. The quantitative estimate of drug-likeness (QED) is 0.210. The molecule has 0 saturated carbocycles. The van der Waals surface area contributed by atoms with Crippen molar-refractivity contribution in [1.82, 2.24) is 0 Å². The number of Topliss-reactive ketones (excluding diaryl/α,β-unsaturated/α-hetero) is 1. The van der Waals surface area contributed by atoms with Crippen LogP contribution in [-0.4, -0.2) is 40.7 Å². The normalized spacial score (nSPS) is 14.8. The molecule has 0 amide bonds. The SMILES string of the molecule is C[C@@H](C=O)CC(=O)C([C@@H](C)CCO[Si](c1ccccc1)(c1ccccc1)C(C)(C)C)S(=O)(=O)c1ccccc1. The number of aldehydes is 1. The topological polar surface area (TPSA) is 77.5 Å². The van der Waals surface area contributed by atoms with Gasteiger partial charge in [-0.05, 0) is 39.9 Å². The molecule has 0 saturated heterocycles. The van der Waals surface area contributed by atoms with Crippen LogP contribution in [0.3, 0.4) is 0 Å². The van der Waals surface area contributed by atoms with E-state index in [-0.39, 0.29) is 16.4 Å². The van der Waals surface area contributed by atoms with Crippen LogP contribution >= 0.6 is 0 Å². The second-order valence-electron chi connectivity index (χ2n) is 11.3. The largest absolute Gasteiger partial charge is 0.407 e. The minimum atomic E-state index is -3.96. The monoisotopic (exact) mass is 564 g/mol. The van der Waals surface area contributed by atoms with Crippen molar-refractivity contribution < 1.29 is 22.4 Å². The van der Waals surface area contributed by atoms with Crippen molar-refractivity contribution in [2.75, 3.05) is 6.61 Å². The molecule has 0 aliphatic carbocycles. The van der Waals surface area contributed by atoms with E-state index in [9.17, 15) is 18.0 Å². The molecular weight excluding hydrogens is 525 g/mol. The molecule has 3 aromatic carbocycles. The zero-order chi connectivity index (χ0) is 28.7. The highest BCUT2D eigenvalue weighted by molar-refractivity contribution is 7.92. The van der Waals surface area contributed by atoms with E-state index in [2.05, 4.69) is 45.0 Å². The molecule has 39 heavy (non-hydrogen) atoms. The molecule has 3 aromatic rings. The van der Waals surface area contributed by atoms with Gasteiger partial charge >= 0.3 is 0 Å². The van der Waals surface area contributed by atoms with Crippen LogP contribution in [0.5, 0.6) is 0 Å². The first-order valence-electron chi connectivity index (χ1n) is 13.5.